The third-order valence-corrected chi connectivity index (χ3v) is 7.93. The van der Waals surface area contributed by atoms with Crippen molar-refractivity contribution in [3.63, 3.8) is 0 Å². The summed E-state index contributed by atoms with van der Waals surface area (Å²) >= 11 is 3.04. The molecule has 0 aliphatic carbocycles. The van der Waals surface area contributed by atoms with Crippen molar-refractivity contribution in [2.24, 2.45) is 0 Å². The molecule has 0 spiro atoms. The van der Waals surface area contributed by atoms with E-state index >= 15 is 0 Å². The fourth-order valence-electron chi connectivity index (χ4n) is 4.20. The second kappa shape index (κ2) is 10.0. The van der Waals surface area contributed by atoms with E-state index in [4.69, 9.17) is 0 Å². The molecular formula is C22H30N4O2S2. The van der Waals surface area contributed by atoms with Crippen LogP contribution in [0.5, 0.6) is 0 Å². The lowest BCUT2D eigenvalue weighted by atomic mass is 10.1. The van der Waals surface area contributed by atoms with Gasteiger partial charge in [0.1, 0.15) is 0 Å². The van der Waals surface area contributed by atoms with Crippen LogP contribution in [0, 0.1) is 0 Å². The molecule has 4 rings (SSSR count). The Morgan fingerprint density at radius 3 is 1.80 bits per heavy atom. The van der Waals surface area contributed by atoms with Crippen molar-refractivity contribution in [1.82, 2.24) is 19.6 Å². The lowest BCUT2D eigenvalue weighted by Crippen LogP contribution is -2.52. The number of nitrogens with zero attached hydrogens (tertiary/aromatic N) is 4. The minimum atomic E-state index is 0.173. The van der Waals surface area contributed by atoms with Gasteiger partial charge in [0.2, 0.25) is 0 Å². The third-order valence-electron chi connectivity index (χ3n) is 6.21. The van der Waals surface area contributed by atoms with Crippen molar-refractivity contribution in [3.8, 4) is 0 Å². The molecule has 0 bridgehead atoms. The van der Waals surface area contributed by atoms with Crippen molar-refractivity contribution in [2.45, 2.75) is 19.4 Å². The minimum absolute atomic E-state index is 0.173. The van der Waals surface area contributed by atoms with Gasteiger partial charge < -0.3 is 9.80 Å². The van der Waals surface area contributed by atoms with Crippen LogP contribution in [0.3, 0.4) is 0 Å². The number of piperazine rings is 2. The van der Waals surface area contributed by atoms with Crippen molar-refractivity contribution < 1.29 is 9.59 Å². The van der Waals surface area contributed by atoms with E-state index in [-0.39, 0.29) is 11.8 Å². The van der Waals surface area contributed by atoms with E-state index in [2.05, 4.69) is 16.7 Å². The largest absolute Gasteiger partial charge is 0.335 e. The predicted octanol–water partition coefficient (Wildman–Crippen LogP) is 2.80. The molecule has 2 fully saturated rings. The maximum absolute atomic E-state index is 12.5. The van der Waals surface area contributed by atoms with Crippen molar-refractivity contribution in [3.05, 3.63) is 44.8 Å². The summed E-state index contributed by atoms with van der Waals surface area (Å²) < 4.78 is 0. The Morgan fingerprint density at radius 1 is 0.833 bits per heavy atom. The van der Waals surface area contributed by atoms with Crippen LogP contribution in [0.25, 0.3) is 0 Å². The van der Waals surface area contributed by atoms with Crippen LogP contribution in [0.15, 0.2) is 35.0 Å². The first-order valence-electron chi connectivity index (χ1n) is 10.7. The molecule has 2 aliphatic heterocycles. The molecule has 2 amide bonds. The average Bonchev–Trinajstić information content (AvgIpc) is 3.51. The Labute approximate surface area is 186 Å². The Kier molecular flexibility index (Phi) is 7.20. The number of hydrogen-bond donors (Lipinski definition) is 0. The highest BCUT2D eigenvalue weighted by Gasteiger charge is 2.26. The zero-order valence-corrected chi connectivity index (χ0v) is 19.2. The van der Waals surface area contributed by atoms with Crippen LogP contribution < -0.4 is 0 Å². The standard InChI is InChI=1S/C22H30N4O2S2/c1-18(24-12-14-26(15-13-24)22(28)20-5-3-17-30-20)6-7-23-8-10-25(11-9-23)21(27)19-4-2-16-29-19/h2-5,16-18H,6-15H2,1H3/t18-/m1/s1. The van der Waals surface area contributed by atoms with E-state index in [9.17, 15) is 9.59 Å². The average molecular weight is 447 g/mol. The van der Waals surface area contributed by atoms with Crippen LogP contribution in [-0.4, -0.2) is 96.4 Å². The molecular weight excluding hydrogens is 416 g/mol. The van der Waals surface area contributed by atoms with Crippen LogP contribution in [-0.2, 0) is 0 Å². The van der Waals surface area contributed by atoms with E-state index in [0.29, 0.717) is 6.04 Å². The lowest BCUT2D eigenvalue weighted by molar-refractivity contribution is 0.0541. The zero-order chi connectivity index (χ0) is 20.9. The van der Waals surface area contributed by atoms with Crippen LogP contribution in [0.2, 0.25) is 0 Å². The number of carbonyl (C=O) groups is 2. The maximum Gasteiger partial charge on any atom is 0.264 e. The molecule has 0 saturated carbocycles. The number of amides is 2. The third kappa shape index (κ3) is 5.11. The SMILES string of the molecule is C[C@H](CCN1CCN(C(=O)c2cccs2)CC1)N1CCN(C(=O)c2cccs2)CC1. The number of hydrogen-bond acceptors (Lipinski definition) is 6. The Hall–Kier alpha value is -1.74. The summed E-state index contributed by atoms with van der Waals surface area (Å²) in [5.41, 5.74) is 0. The van der Waals surface area contributed by atoms with Crippen LogP contribution in [0.1, 0.15) is 32.7 Å². The fourth-order valence-corrected chi connectivity index (χ4v) is 5.59. The van der Waals surface area contributed by atoms with E-state index < -0.39 is 0 Å². The molecule has 0 unspecified atom stereocenters. The molecule has 1 atom stereocenters. The topological polar surface area (TPSA) is 47.1 Å². The molecule has 2 aromatic heterocycles. The second-order valence-corrected chi connectivity index (χ2v) is 9.95. The molecule has 2 aliphatic rings. The predicted molar refractivity (Wildman–Crippen MR) is 123 cm³/mol. The highest BCUT2D eigenvalue weighted by Crippen LogP contribution is 2.17. The Morgan fingerprint density at radius 2 is 1.33 bits per heavy atom. The summed E-state index contributed by atoms with van der Waals surface area (Å²) in [6.07, 6.45) is 1.12. The quantitative estimate of drug-likeness (QED) is 0.685. The highest BCUT2D eigenvalue weighted by molar-refractivity contribution is 7.12. The second-order valence-electron chi connectivity index (χ2n) is 8.05. The van der Waals surface area contributed by atoms with Gasteiger partial charge in [-0.05, 0) is 42.8 Å². The van der Waals surface area contributed by atoms with E-state index in [1.165, 1.54) is 22.7 Å². The molecule has 0 aromatic carbocycles. The first kappa shape index (κ1) is 21.5. The summed E-state index contributed by atoms with van der Waals surface area (Å²) in [6, 6.07) is 8.21. The molecule has 4 heterocycles. The van der Waals surface area contributed by atoms with Gasteiger partial charge in [0, 0.05) is 58.4 Å². The van der Waals surface area contributed by atoms with Crippen molar-refractivity contribution >= 4 is 34.5 Å². The van der Waals surface area contributed by atoms with Gasteiger partial charge in [-0.25, -0.2) is 0 Å². The molecule has 6 nitrogen and oxygen atoms in total. The molecule has 30 heavy (non-hydrogen) atoms. The smallest absolute Gasteiger partial charge is 0.264 e. The molecule has 162 valence electrons. The van der Waals surface area contributed by atoms with Crippen LogP contribution >= 0.6 is 22.7 Å². The maximum atomic E-state index is 12.5. The summed E-state index contributed by atoms with van der Waals surface area (Å²) in [5, 5.41) is 3.92. The first-order valence-corrected chi connectivity index (χ1v) is 12.5. The zero-order valence-electron chi connectivity index (χ0n) is 17.5. The van der Waals surface area contributed by atoms with Gasteiger partial charge in [-0.1, -0.05) is 12.1 Å². The molecule has 8 heteroatoms. The summed E-state index contributed by atoms with van der Waals surface area (Å²) in [7, 11) is 0. The summed E-state index contributed by atoms with van der Waals surface area (Å²) in [4.78, 5) is 35.6. The minimum Gasteiger partial charge on any atom is -0.335 e. The van der Waals surface area contributed by atoms with Gasteiger partial charge in [-0.2, -0.15) is 0 Å². The summed E-state index contributed by atoms with van der Waals surface area (Å²) in [6.45, 7) is 10.4. The van der Waals surface area contributed by atoms with Crippen molar-refractivity contribution in [1.29, 1.82) is 0 Å². The monoisotopic (exact) mass is 446 g/mol. The first-order chi connectivity index (χ1) is 14.6. The van der Waals surface area contributed by atoms with Gasteiger partial charge in [-0.3, -0.25) is 19.4 Å². The van der Waals surface area contributed by atoms with Gasteiger partial charge in [0.05, 0.1) is 9.75 Å². The number of carbonyl (C=O) groups excluding carboxylic acids is 2. The van der Waals surface area contributed by atoms with Gasteiger partial charge in [-0.15, -0.1) is 22.7 Å². The van der Waals surface area contributed by atoms with E-state index in [0.717, 1.165) is 75.1 Å². The normalized spacial score (nSPS) is 19.8. The van der Waals surface area contributed by atoms with Gasteiger partial charge in [0.25, 0.3) is 11.8 Å². The highest BCUT2D eigenvalue weighted by atomic mass is 32.1. The Bertz CT molecular complexity index is 808. The van der Waals surface area contributed by atoms with E-state index in [1.807, 2.05) is 44.8 Å². The number of rotatable bonds is 6. The van der Waals surface area contributed by atoms with Gasteiger partial charge >= 0.3 is 0 Å². The Balaban J connectivity index is 1.16. The molecule has 2 aromatic rings. The number of thiophene rings is 2. The van der Waals surface area contributed by atoms with Crippen molar-refractivity contribution in [2.75, 3.05) is 58.9 Å². The van der Waals surface area contributed by atoms with E-state index in [1.54, 1.807) is 0 Å². The molecule has 2 saturated heterocycles. The van der Waals surface area contributed by atoms with Crippen LogP contribution in [0.4, 0.5) is 0 Å². The van der Waals surface area contributed by atoms with Gasteiger partial charge in [0.15, 0.2) is 0 Å². The lowest BCUT2D eigenvalue weighted by Gasteiger charge is -2.39. The summed E-state index contributed by atoms with van der Waals surface area (Å²) in [5.74, 6) is 0.347. The molecule has 0 N–H and O–H groups in total. The molecule has 0 radical (unpaired) electrons. The fraction of sp³-hybridized carbons (Fsp3) is 0.545.